The largest absolute Gasteiger partial charge is 0.478 e. The second-order valence-electron chi connectivity index (χ2n) is 4.60. The van der Waals surface area contributed by atoms with Crippen LogP contribution >= 0.6 is 11.8 Å². The summed E-state index contributed by atoms with van der Waals surface area (Å²) in [6.07, 6.45) is 0.769. The van der Waals surface area contributed by atoms with E-state index < -0.39 is 16.0 Å². The zero-order valence-corrected chi connectivity index (χ0v) is 12.6. The third-order valence-corrected chi connectivity index (χ3v) is 6.41. The molecule has 0 aromatic heterocycles. The standard InChI is InChI=1S/C12H16N2O4S2/c1-14(9-4-5-19-7-9)20(17,18)11-6-8(13)2-3-10(11)12(15)16/h2-3,6,9H,4-5,7,13H2,1H3,(H,15,16). The van der Waals surface area contributed by atoms with Gasteiger partial charge in [-0.3, -0.25) is 0 Å². The van der Waals surface area contributed by atoms with Crippen LogP contribution in [0.25, 0.3) is 0 Å². The van der Waals surface area contributed by atoms with E-state index in [0.29, 0.717) is 0 Å². The number of benzene rings is 1. The number of hydrogen-bond donors (Lipinski definition) is 2. The van der Waals surface area contributed by atoms with E-state index in [2.05, 4.69) is 0 Å². The topological polar surface area (TPSA) is 101 Å². The molecule has 6 nitrogen and oxygen atoms in total. The Bertz CT molecular complexity index is 624. The van der Waals surface area contributed by atoms with Crippen molar-refractivity contribution in [3.8, 4) is 0 Å². The van der Waals surface area contributed by atoms with Crippen molar-refractivity contribution in [3.05, 3.63) is 23.8 Å². The Balaban J connectivity index is 2.47. The summed E-state index contributed by atoms with van der Waals surface area (Å²) >= 11 is 1.69. The number of nitrogen functional groups attached to an aromatic ring is 1. The predicted molar refractivity (Wildman–Crippen MR) is 78.5 cm³/mol. The lowest BCUT2D eigenvalue weighted by Gasteiger charge is -2.24. The van der Waals surface area contributed by atoms with Crippen LogP contribution < -0.4 is 5.73 Å². The van der Waals surface area contributed by atoms with Crippen LogP contribution in [0.3, 0.4) is 0 Å². The highest BCUT2D eigenvalue weighted by atomic mass is 32.2. The van der Waals surface area contributed by atoms with Gasteiger partial charge < -0.3 is 10.8 Å². The number of sulfonamides is 1. The molecule has 1 atom stereocenters. The van der Waals surface area contributed by atoms with Crippen LogP contribution in [-0.2, 0) is 10.0 Å². The van der Waals surface area contributed by atoms with E-state index >= 15 is 0 Å². The summed E-state index contributed by atoms with van der Waals surface area (Å²) < 4.78 is 26.4. The molecule has 3 N–H and O–H groups in total. The fraction of sp³-hybridized carbons (Fsp3) is 0.417. The van der Waals surface area contributed by atoms with Gasteiger partial charge in [-0.05, 0) is 30.4 Å². The van der Waals surface area contributed by atoms with Crippen molar-refractivity contribution >= 4 is 33.4 Å². The Hall–Kier alpha value is -1.25. The van der Waals surface area contributed by atoms with Crippen LogP contribution in [0.4, 0.5) is 5.69 Å². The minimum atomic E-state index is -3.86. The number of nitrogens with two attached hydrogens (primary N) is 1. The average Bonchev–Trinajstić information content (AvgIpc) is 2.91. The second-order valence-corrected chi connectivity index (χ2v) is 7.72. The van der Waals surface area contributed by atoms with Gasteiger partial charge in [0, 0.05) is 24.5 Å². The van der Waals surface area contributed by atoms with E-state index in [1.54, 1.807) is 11.8 Å². The summed E-state index contributed by atoms with van der Waals surface area (Å²) in [6.45, 7) is 0. The molecular weight excluding hydrogens is 300 g/mol. The van der Waals surface area contributed by atoms with E-state index in [1.807, 2.05) is 0 Å². The zero-order valence-electron chi connectivity index (χ0n) is 10.9. The average molecular weight is 316 g/mol. The molecule has 0 radical (unpaired) electrons. The van der Waals surface area contributed by atoms with Gasteiger partial charge in [0.1, 0.15) is 0 Å². The minimum Gasteiger partial charge on any atom is -0.478 e. The van der Waals surface area contributed by atoms with Gasteiger partial charge in [-0.15, -0.1) is 0 Å². The van der Waals surface area contributed by atoms with Crippen molar-refractivity contribution in [3.63, 3.8) is 0 Å². The van der Waals surface area contributed by atoms with Gasteiger partial charge in [0.15, 0.2) is 0 Å². The van der Waals surface area contributed by atoms with E-state index in [0.717, 1.165) is 17.9 Å². The first-order valence-electron chi connectivity index (χ1n) is 6.02. The fourth-order valence-electron chi connectivity index (χ4n) is 2.09. The van der Waals surface area contributed by atoms with Gasteiger partial charge in [-0.25, -0.2) is 13.2 Å². The van der Waals surface area contributed by atoms with Gasteiger partial charge in [-0.2, -0.15) is 16.1 Å². The molecule has 8 heteroatoms. The van der Waals surface area contributed by atoms with Gasteiger partial charge in [0.05, 0.1) is 10.5 Å². The maximum absolute atomic E-state index is 12.6. The number of carbonyl (C=O) groups is 1. The van der Waals surface area contributed by atoms with Crippen molar-refractivity contribution in [2.75, 3.05) is 24.3 Å². The first-order chi connectivity index (χ1) is 9.34. The smallest absolute Gasteiger partial charge is 0.337 e. The molecule has 0 bridgehead atoms. The SMILES string of the molecule is CN(C1CCSC1)S(=O)(=O)c1cc(N)ccc1C(=O)O. The summed E-state index contributed by atoms with van der Waals surface area (Å²) in [5.74, 6) is 0.353. The van der Waals surface area contributed by atoms with E-state index in [1.165, 1.54) is 29.6 Å². The number of carboxylic acids is 1. The molecular formula is C12H16N2O4S2. The van der Waals surface area contributed by atoms with Crippen LogP contribution in [0.1, 0.15) is 16.8 Å². The molecule has 2 rings (SSSR count). The maximum atomic E-state index is 12.6. The van der Waals surface area contributed by atoms with Crippen molar-refractivity contribution in [1.82, 2.24) is 4.31 Å². The number of thioether (sulfide) groups is 1. The van der Waals surface area contributed by atoms with Crippen LogP contribution in [-0.4, -0.2) is 48.4 Å². The lowest BCUT2D eigenvalue weighted by molar-refractivity contribution is 0.0692. The molecule has 0 saturated carbocycles. The summed E-state index contributed by atoms with van der Waals surface area (Å²) in [6, 6.07) is 3.71. The van der Waals surface area contributed by atoms with Crippen LogP contribution in [0, 0.1) is 0 Å². The third-order valence-electron chi connectivity index (χ3n) is 3.31. The molecule has 1 fully saturated rings. The summed E-state index contributed by atoms with van der Waals surface area (Å²) in [7, 11) is -2.37. The molecule has 20 heavy (non-hydrogen) atoms. The fourth-order valence-corrected chi connectivity index (χ4v) is 5.05. The third kappa shape index (κ3) is 2.77. The Kier molecular flexibility index (Phi) is 4.26. The Morgan fingerprint density at radius 3 is 2.75 bits per heavy atom. The number of hydrogen-bond acceptors (Lipinski definition) is 5. The highest BCUT2D eigenvalue weighted by Gasteiger charge is 2.33. The molecule has 1 aromatic rings. The highest BCUT2D eigenvalue weighted by Crippen LogP contribution is 2.28. The normalized spacial score (nSPS) is 19.4. The molecule has 0 amide bonds. The van der Waals surface area contributed by atoms with Crippen molar-refractivity contribution in [2.45, 2.75) is 17.4 Å². The molecule has 0 spiro atoms. The quantitative estimate of drug-likeness (QED) is 0.807. The first-order valence-corrected chi connectivity index (χ1v) is 8.62. The highest BCUT2D eigenvalue weighted by molar-refractivity contribution is 7.99. The van der Waals surface area contributed by atoms with Crippen molar-refractivity contribution in [1.29, 1.82) is 0 Å². The van der Waals surface area contributed by atoms with E-state index in [9.17, 15) is 13.2 Å². The molecule has 1 saturated heterocycles. The Morgan fingerprint density at radius 2 is 2.20 bits per heavy atom. The number of carboxylic acid groups (broad SMARTS) is 1. The second kappa shape index (κ2) is 5.63. The lowest BCUT2D eigenvalue weighted by Crippen LogP contribution is -2.37. The van der Waals surface area contributed by atoms with Crippen molar-refractivity contribution in [2.24, 2.45) is 0 Å². The van der Waals surface area contributed by atoms with Gasteiger partial charge >= 0.3 is 5.97 Å². The molecule has 1 aliphatic rings. The molecule has 1 heterocycles. The summed E-state index contributed by atoms with van der Waals surface area (Å²) in [4.78, 5) is 10.9. The molecule has 1 unspecified atom stereocenters. The molecule has 1 aliphatic heterocycles. The molecule has 1 aromatic carbocycles. The first kappa shape index (κ1) is 15.1. The number of nitrogens with zero attached hydrogens (tertiary/aromatic N) is 1. The van der Waals surface area contributed by atoms with E-state index in [-0.39, 0.29) is 22.2 Å². The van der Waals surface area contributed by atoms with Gasteiger partial charge in [-0.1, -0.05) is 0 Å². The van der Waals surface area contributed by atoms with Crippen LogP contribution in [0.2, 0.25) is 0 Å². The number of anilines is 1. The molecule has 0 aliphatic carbocycles. The van der Waals surface area contributed by atoms with Gasteiger partial charge in [0.2, 0.25) is 10.0 Å². The predicted octanol–water partition coefficient (Wildman–Crippen LogP) is 1.09. The maximum Gasteiger partial charge on any atom is 0.337 e. The Morgan fingerprint density at radius 1 is 1.50 bits per heavy atom. The van der Waals surface area contributed by atoms with Crippen molar-refractivity contribution < 1.29 is 18.3 Å². The Labute approximate surface area is 122 Å². The van der Waals surface area contributed by atoms with Gasteiger partial charge in [0.25, 0.3) is 0 Å². The monoisotopic (exact) mass is 316 g/mol. The summed E-state index contributed by atoms with van der Waals surface area (Å²) in [5, 5.41) is 9.14. The van der Waals surface area contributed by atoms with E-state index in [4.69, 9.17) is 10.8 Å². The lowest BCUT2D eigenvalue weighted by atomic mass is 10.2. The van der Waals surface area contributed by atoms with Crippen LogP contribution in [0.5, 0.6) is 0 Å². The van der Waals surface area contributed by atoms with Crippen LogP contribution in [0.15, 0.2) is 23.1 Å². The number of aromatic carboxylic acids is 1. The summed E-state index contributed by atoms with van der Waals surface area (Å²) in [5.41, 5.74) is 5.57. The molecule has 110 valence electrons. The zero-order chi connectivity index (χ0) is 14.9. The number of rotatable bonds is 4. The minimum absolute atomic E-state index is 0.104.